The van der Waals surface area contributed by atoms with E-state index in [2.05, 4.69) is 32.4 Å². The Bertz CT molecular complexity index is 179. The van der Waals surface area contributed by atoms with Crippen molar-refractivity contribution in [3.63, 3.8) is 0 Å². The monoisotopic (exact) mass is 214 g/mol. The van der Waals surface area contributed by atoms with Crippen molar-refractivity contribution in [3.8, 4) is 0 Å². The first-order valence-corrected chi connectivity index (χ1v) is 5.96. The van der Waals surface area contributed by atoms with E-state index >= 15 is 0 Å². The zero-order chi connectivity index (χ0) is 11.9. The topological polar surface area (TPSA) is 26.3 Å². The minimum absolute atomic E-state index is 0.0794. The van der Waals surface area contributed by atoms with Crippen LogP contribution in [0.3, 0.4) is 0 Å². The molecule has 1 atom stereocenters. The second kappa shape index (κ2) is 6.86. The molecule has 2 heteroatoms. The average Bonchev–Trinajstić information content (AvgIpc) is 2.16. The van der Waals surface area contributed by atoms with Crippen LogP contribution in [-0.2, 0) is 9.53 Å². The Hall–Kier alpha value is -0.530. The van der Waals surface area contributed by atoms with Crippen molar-refractivity contribution in [2.45, 2.75) is 59.8 Å². The molecule has 0 heterocycles. The van der Waals surface area contributed by atoms with Gasteiger partial charge in [-0.15, -0.1) is 0 Å². The zero-order valence-electron chi connectivity index (χ0n) is 10.9. The second-order valence-electron chi connectivity index (χ2n) is 5.49. The molecule has 90 valence electrons. The summed E-state index contributed by atoms with van der Waals surface area (Å²) >= 11 is 0. The van der Waals surface area contributed by atoms with E-state index in [-0.39, 0.29) is 5.97 Å². The molecule has 0 aliphatic carbocycles. The minimum Gasteiger partial charge on any atom is -0.469 e. The number of esters is 1. The van der Waals surface area contributed by atoms with E-state index in [1.807, 2.05) is 0 Å². The van der Waals surface area contributed by atoms with Crippen LogP contribution in [0.25, 0.3) is 0 Å². The number of carbonyl (C=O) groups excluding carboxylic acids is 1. The molecule has 0 N–H and O–H groups in total. The SMILES string of the molecule is CC[C@H](CCC(=O)OC)CCC(C)(C)C. The molecule has 0 rings (SSSR count). The molecule has 0 aromatic heterocycles. The van der Waals surface area contributed by atoms with Crippen LogP contribution >= 0.6 is 0 Å². The summed E-state index contributed by atoms with van der Waals surface area (Å²) in [5.74, 6) is 0.590. The van der Waals surface area contributed by atoms with Crippen molar-refractivity contribution in [2.24, 2.45) is 11.3 Å². The Labute approximate surface area is 94.4 Å². The maximum Gasteiger partial charge on any atom is 0.305 e. The third-order valence-electron chi connectivity index (χ3n) is 2.86. The zero-order valence-corrected chi connectivity index (χ0v) is 10.9. The summed E-state index contributed by atoms with van der Waals surface area (Å²) in [6.07, 6.45) is 5.15. The standard InChI is InChI=1S/C13H26O2/c1-6-11(7-8-12(14)15-5)9-10-13(2,3)4/h11H,6-10H2,1-5H3/t11-/m1/s1. The molecule has 0 fully saturated rings. The largest absolute Gasteiger partial charge is 0.469 e. The predicted molar refractivity (Wildman–Crippen MR) is 63.7 cm³/mol. The molecule has 2 nitrogen and oxygen atoms in total. The summed E-state index contributed by atoms with van der Waals surface area (Å²) in [6, 6.07) is 0. The molecule has 0 aliphatic heterocycles. The first kappa shape index (κ1) is 14.5. The summed E-state index contributed by atoms with van der Waals surface area (Å²) in [5.41, 5.74) is 0.401. The normalized spacial score (nSPS) is 13.7. The van der Waals surface area contributed by atoms with Gasteiger partial charge < -0.3 is 4.74 Å². The average molecular weight is 214 g/mol. The van der Waals surface area contributed by atoms with Crippen molar-refractivity contribution in [1.82, 2.24) is 0 Å². The predicted octanol–water partition coefficient (Wildman–Crippen LogP) is 3.79. The van der Waals surface area contributed by atoms with Crippen LogP contribution in [0.2, 0.25) is 0 Å². The Morgan fingerprint density at radius 3 is 2.27 bits per heavy atom. The Morgan fingerprint density at radius 2 is 1.87 bits per heavy atom. The number of ether oxygens (including phenoxy) is 1. The van der Waals surface area contributed by atoms with Crippen LogP contribution in [-0.4, -0.2) is 13.1 Å². The van der Waals surface area contributed by atoms with Gasteiger partial charge in [-0.2, -0.15) is 0 Å². The Morgan fingerprint density at radius 1 is 1.27 bits per heavy atom. The summed E-state index contributed by atoms with van der Waals surface area (Å²) in [4.78, 5) is 11.0. The Balaban J connectivity index is 3.78. The van der Waals surface area contributed by atoms with Crippen molar-refractivity contribution in [3.05, 3.63) is 0 Å². The third-order valence-corrected chi connectivity index (χ3v) is 2.86. The van der Waals surface area contributed by atoms with Gasteiger partial charge in [0.2, 0.25) is 0 Å². The summed E-state index contributed by atoms with van der Waals surface area (Å²) in [6.45, 7) is 8.99. The molecular formula is C13H26O2. The molecule has 0 aromatic rings. The smallest absolute Gasteiger partial charge is 0.305 e. The van der Waals surface area contributed by atoms with E-state index in [1.54, 1.807) is 0 Å². The highest BCUT2D eigenvalue weighted by Gasteiger charge is 2.15. The van der Waals surface area contributed by atoms with Gasteiger partial charge in [-0.1, -0.05) is 34.1 Å². The number of hydrogen-bond acceptors (Lipinski definition) is 2. The minimum atomic E-state index is -0.0794. The first-order chi connectivity index (χ1) is 6.89. The van der Waals surface area contributed by atoms with Crippen molar-refractivity contribution >= 4 is 5.97 Å². The maximum atomic E-state index is 11.0. The lowest BCUT2D eigenvalue weighted by Gasteiger charge is -2.22. The van der Waals surface area contributed by atoms with Crippen LogP contribution in [0.5, 0.6) is 0 Å². The summed E-state index contributed by atoms with van der Waals surface area (Å²) in [7, 11) is 1.46. The van der Waals surface area contributed by atoms with Gasteiger partial charge in [0.15, 0.2) is 0 Å². The molecule has 0 aliphatic rings. The fourth-order valence-electron chi connectivity index (χ4n) is 1.61. The van der Waals surface area contributed by atoms with E-state index in [4.69, 9.17) is 0 Å². The highest BCUT2D eigenvalue weighted by atomic mass is 16.5. The summed E-state index contributed by atoms with van der Waals surface area (Å²) in [5, 5.41) is 0. The first-order valence-electron chi connectivity index (χ1n) is 5.96. The van der Waals surface area contributed by atoms with Gasteiger partial charge in [-0.05, 0) is 30.6 Å². The quantitative estimate of drug-likeness (QED) is 0.629. The number of hydrogen-bond donors (Lipinski definition) is 0. The van der Waals surface area contributed by atoms with Crippen molar-refractivity contribution in [2.75, 3.05) is 7.11 Å². The lowest BCUT2D eigenvalue weighted by molar-refractivity contribution is -0.140. The van der Waals surface area contributed by atoms with Crippen LogP contribution in [0.15, 0.2) is 0 Å². The molecule has 0 aromatic carbocycles. The van der Waals surface area contributed by atoms with Gasteiger partial charge in [0.05, 0.1) is 7.11 Å². The van der Waals surface area contributed by atoms with Crippen LogP contribution < -0.4 is 0 Å². The van der Waals surface area contributed by atoms with E-state index in [9.17, 15) is 4.79 Å². The van der Waals surface area contributed by atoms with Gasteiger partial charge in [-0.3, -0.25) is 4.79 Å². The van der Waals surface area contributed by atoms with Crippen molar-refractivity contribution in [1.29, 1.82) is 0 Å². The maximum absolute atomic E-state index is 11.0. The van der Waals surface area contributed by atoms with Gasteiger partial charge in [0.25, 0.3) is 0 Å². The fraction of sp³-hybridized carbons (Fsp3) is 0.923. The molecule has 0 spiro atoms. The molecule has 0 radical (unpaired) electrons. The van der Waals surface area contributed by atoms with Gasteiger partial charge >= 0.3 is 5.97 Å². The van der Waals surface area contributed by atoms with Gasteiger partial charge in [0, 0.05) is 6.42 Å². The van der Waals surface area contributed by atoms with Gasteiger partial charge in [-0.25, -0.2) is 0 Å². The molecule has 0 unspecified atom stereocenters. The van der Waals surface area contributed by atoms with Crippen LogP contribution in [0, 0.1) is 11.3 Å². The fourth-order valence-corrected chi connectivity index (χ4v) is 1.61. The van der Waals surface area contributed by atoms with E-state index in [0.29, 0.717) is 17.8 Å². The lowest BCUT2D eigenvalue weighted by atomic mass is 9.84. The van der Waals surface area contributed by atoms with Crippen LogP contribution in [0.4, 0.5) is 0 Å². The molecule has 15 heavy (non-hydrogen) atoms. The number of rotatable bonds is 6. The summed E-state index contributed by atoms with van der Waals surface area (Å²) < 4.78 is 4.65. The molecule has 0 bridgehead atoms. The number of carbonyl (C=O) groups is 1. The highest BCUT2D eigenvalue weighted by Crippen LogP contribution is 2.27. The molecule has 0 saturated heterocycles. The van der Waals surface area contributed by atoms with E-state index < -0.39 is 0 Å². The second-order valence-corrected chi connectivity index (χ2v) is 5.49. The molecule has 0 saturated carbocycles. The van der Waals surface area contributed by atoms with E-state index in [1.165, 1.54) is 20.0 Å². The lowest BCUT2D eigenvalue weighted by Crippen LogP contribution is -2.11. The molecule has 0 amide bonds. The third kappa shape index (κ3) is 8.46. The highest BCUT2D eigenvalue weighted by molar-refractivity contribution is 5.69. The number of methoxy groups -OCH3 is 1. The molecular weight excluding hydrogens is 188 g/mol. The van der Waals surface area contributed by atoms with Gasteiger partial charge in [0.1, 0.15) is 0 Å². The van der Waals surface area contributed by atoms with Crippen molar-refractivity contribution < 1.29 is 9.53 Å². The van der Waals surface area contributed by atoms with E-state index in [0.717, 1.165) is 12.8 Å². The Kier molecular flexibility index (Phi) is 6.62. The van der Waals surface area contributed by atoms with Crippen LogP contribution in [0.1, 0.15) is 59.8 Å².